The molecule has 0 amide bonds. The van der Waals surface area contributed by atoms with Crippen molar-refractivity contribution in [3.63, 3.8) is 0 Å². The van der Waals surface area contributed by atoms with Crippen molar-refractivity contribution in [2.45, 2.75) is 18.9 Å². The van der Waals surface area contributed by atoms with Crippen LogP contribution in [0.5, 0.6) is 5.75 Å². The molecule has 0 spiro atoms. The molecule has 2 aliphatic rings. The maximum absolute atomic E-state index is 6.18. The summed E-state index contributed by atoms with van der Waals surface area (Å²) in [6, 6.07) is 17.1. The molecule has 1 aliphatic carbocycles. The van der Waals surface area contributed by atoms with Crippen molar-refractivity contribution in [3.8, 4) is 5.75 Å². The molecule has 2 aromatic rings. The minimum absolute atomic E-state index is 0.279. The molecule has 1 heterocycles. The van der Waals surface area contributed by atoms with Gasteiger partial charge in [0.2, 0.25) is 0 Å². The van der Waals surface area contributed by atoms with Gasteiger partial charge in [-0.3, -0.25) is 0 Å². The summed E-state index contributed by atoms with van der Waals surface area (Å²) >= 11 is 0. The number of rotatable bonds is 0. The second-order valence-corrected chi connectivity index (χ2v) is 5.01. The van der Waals surface area contributed by atoms with E-state index >= 15 is 0 Å². The second-order valence-electron chi connectivity index (χ2n) is 5.01. The Kier molecular flexibility index (Phi) is 1.84. The first kappa shape index (κ1) is 9.29. The van der Waals surface area contributed by atoms with E-state index in [1.807, 2.05) is 0 Å². The van der Waals surface area contributed by atoms with Gasteiger partial charge in [0.05, 0.1) is 0 Å². The normalized spacial score (nSPS) is 24.5. The third-order valence-corrected chi connectivity index (χ3v) is 3.98. The van der Waals surface area contributed by atoms with Crippen LogP contribution in [0.4, 0.5) is 0 Å². The molecular formula is C16H14O. The first-order valence-corrected chi connectivity index (χ1v) is 6.24. The lowest BCUT2D eigenvalue weighted by molar-refractivity contribution is 0.128. The highest BCUT2D eigenvalue weighted by atomic mass is 16.5. The lowest BCUT2D eigenvalue weighted by Gasteiger charge is -2.29. The highest BCUT2D eigenvalue weighted by Crippen LogP contribution is 2.45. The molecule has 2 atom stereocenters. The Morgan fingerprint density at radius 1 is 0.824 bits per heavy atom. The molecule has 1 aliphatic heterocycles. The van der Waals surface area contributed by atoms with Crippen molar-refractivity contribution >= 4 is 0 Å². The number of fused-ring (bicyclic) bond motifs is 4. The van der Waals surface area contributed by atoms with Gasteiger partial charge in [0.15, 0.2) is 0 Å². The Morgan fingerprint density at radius 2 is 1.53 bits per heavy atom. The summed E-state index contributed by atoms with van der Waals surface area (Å²) in [6.45, 7) is 0. The van der Waals surface area contributed by atoms with Crippen molar-refractivity contribution in [1.82, 2.24) is 0 Å². The summed E-state index contributed by atoms with van der Waals surface area (Å²) in [6.07, 6.45) is 2.59. The summed E-state index contributed by atoms with van der Waals surface area (Å²) in [5.74, 6) is 1.70. The van der Waals surface area contributed by atoms with E-state index in [-0.39, 0.29) is 6.10 Å². The summed E-state index contributed by atoms with van der Waals surface area (Å²) in [5, 5.41) is 0. The SMILES string of the molecule is c1ccc2c(c1)CC1Cc3ccccc3C1O2. The van der Waals surface area contributed by atoms with Crippen LogP contribution in [-0.4, -0.2) is 0 Å². The van der Waals surface area contributed by atoms with Crippen molar-refractivity contribution < 1.29 is 4.74 Å². The maximum Gasteiger partial charge on any atom is 0.127 e. The average Bonchev–Trinajstić information content (AvgIpc) is 2.73. The average molecular weight is 222 g/mol. The van der Waals surface area contributed by atoms with Crippen molar-refractivity contribution in [1.29, 1.82) is 0 Å². The van der Waals surface area contributed by atoms with Crippen LogP contribution >= 0.6 is 0 Å². The minimum atomic E-state index is 0.279. The molecule has 0 aromatic heterocycles. The number of hydrogen-bond donors (Lipinski definition) is 0. The van der Waals surface area contributed by atoms with Crippen molar-refractivity contribution in [3.05, 3.63) is 65.2 Å². The van der Waals surface area contributed by atoms with E-state index in [1.165, 1.54) is 16.7 Å². The Morgan fingerprint density at radius 3 is 2.47 bits per heavy atom. The fourth-order valence-electron chi connectivity index (χ4n) is 3.19. The molecule has 0 fully saturated rings. The van der Waals surface area contributed by atoms with Crippen LogP contribution in [0.2, 0.25) is 0 Å². The molecule has 1 nitrogen and oxygen atoms in total. The molecule has 17 heavy (non-hydrogen) atoms. The zero-order valence-electron chi connectivity index (χ0n) is 9.60. The fourth-order valence-corrected chi connectivity index (χ4v) is 3.19. The first-order chi connectivity index (χ1) is 8.42. The highest BCUT2D eigenvalue weighted by Gasteiger charge is 2.37. The van der Waals surface area contributed by atoms with Crippen LogP contribution < -0.4 is 4.74 Å². The van der Waals surface area contributed by atoms with Gasteiger partial charge < -0.3 is 4.74 Å². The Balaban J connectivity index is 1.79. The Bertz CT molecular complexity index is 567. The van der Waals surface area contributed by atoms with Crippen LogP contribution in [0, 0.1) is 5.92 Å². The standard InChI is InChI=1S/C16H14O/c1-3-7-14-11(5-1)9-13-10-12-6-2-4-8-15(12)17-16(13)14/h1-8,13,16H,9-10H2. The van der Waals surface area contributed by atoms with Crippen molar-refractivity contribution in [2.24, 2.45) is 5.92 Å². The van der Waals surface area contributed by atoms with Gasteiger partial charge in [-0.25, -0.2) is 0 Å². The molecular weight excluding hydrogens is 208 g/mol. The summed E-state index contributed by atoms with van der Waals surface area (Å²) in [7, 11) is 0. The smallest absolute Gasteiger partial charge is 0.127 e. The van der Waals surface area contributed by atoms with Gasteiger partial charge >= 0.3 is 0 Å². The van der Waals surface area contributed by atoms with Crippen LogP contribution in [-0.2, 0) is 12.8 Å². The maximum atomic E-state index is 6.18. The third-order valence-electron chi connectivity index (χ3n) is 3.98. The molecule has 2 unspecified atom stereocenters. The minimum Gasteiger partial charge on any atom is -0.485 e. The zero-order valence-corrected chi connectivity index (χ0v) is 9.60. The lowest BCUT2D eigenvalue weighted by atomic mass is 9.91. The van der Waals surface area contributed by atoms with Gasteiger partial charge in [-0.15, -0.1) is 0 Å². The number of benzene rings is 2. The van der Waals surface area contributed by atoms with E-state index in [9.17, 15) is 0 Å². The van der Waals surface area contributed by atoms with Gasteiger partial charge in [-0.05, 0) is 35.6 Å². The van der Waals surface area contributed by atoms with Gasteiger partial charge in [0.25, 0.3) is 0 Å². The predicted molar refractivity (Wildman–Crippen MR) is 67.2 cm³/mol. The summed E-state index contributed by atoms with van der Waals surface area (Å²) in [4.78, 5) is 0. The van der Waals surface area contributed by atoms with E-state index in [0.29, 0.717) is 5.92 Å². The van der Waals surface area contributed by atoms with Crippen LogP contribution in [0.3, 0.4) is 0 Å². The summed E-state index contributed by atoms with van der Waals surface area (Å²) in [5.41, 5.74) is 4.23. The zero-order chi connectivity index (χ0) is 11.2. The molecule has 1 heteroatoms. The number of para-hydroxylation sites is 1. The van der Waals surface area contributed by atoms with Gasteiger partial charge in [-0.1, -0.05) is 42.5 Å². The topological polar surface area (TPSA) is 9.23 Å². The van der Waals surface area contributed by atoms with Crippen LogP contribution in [0.15, 0.2) is 48.5 Å². The highest BCUT2D eigenvalue weighted by molar-refractivity contribution is 5.42. The van der Waals surface area contributed by atoms with E-state index < -0.39 is 0 Å². The Hall–Kier alpha value is -1.76. The van der Waals surface area contributed by atoms with Crippen LogP contribution in [0.25, 0.3) is 0 Å². The Labute approximate surface area is 101 Å². The van der Waals surface area contributed by atoms with Crippen LogP contribution in [0.1, 0.15) is 22.8 Å². The first-order valence-electron chi connectivity index (χ1n) is 6.24. The lowest BCUT2D eigenvalue weighted by Crippen LogP contribution is -2.22. The van der Waals surface area contributed by atoms with Gasteiger partial charge in [-0.2, -0.15) is 0 Å². The predicted octanol–water partition coefficient (Wildman–Crippen LogP) is 3.54. The fraction of sp³-hybridized carbons (Fsp3) is 0.250. The number of hydrogen-bond acceptors (Lipinski definition) is 1. The molecule has 0 saturated carbocycles. The number of ether oxygens (including phenoxy) is 1. The van der Waals surface area contributed by atoms with E-state index in [0.717, 1.165) is 18.6 Å². The van der Waals surface area contributed by atoms with E-state index in [4.69, 9.17) is 4.74 Å². The molecule has 4 rings (SSSR count). The molecule has 84 valence electrons. The monoisotopic (exact) mass is 222 g/mol. The van der Waals surface area contributed by atoms with E-state index in [1.54, 1.807) is 0 Å². The molecule has 0 saturated heterocycles. The van der Waals surface area contributed by atoms with Gasteiger partial charge in [0, 0.05) is 5.92 Å². The second kappa shape index (κ2) is 3.36. The molecule has 0 N–H and O–H groups in total. The molecule has 0 bridgehead atoms. The molecule has 0 radical (unpaired) electrons. The molecule has 2 aromatic carbocycles. The largest absolute Gasteiger partial charge is 0.485 e. The quantitative estimate of drug-likeness (QED) is 0.662. The van der Waals surface area contributed by atoms with Gasteiger partial charge in [0.1, 0.15) is 11.9 Å². The third kappa shape index (κ3) is 1.32. The summed E-state index contributed by atoms with van der Waals surface area (Å²) < 4.78 is 6.18. The van der Waals surface area contributed by atoms with Crippen molar-refractivity contribution in [2.75, 3.05) is 0 Å². The van der Waals surface area contributed by atoms with E-state index in [2.05, 4.69) is 48.5 Å².